The van der Waals surface area contributed by atoms with Gasteiger partial charge in [-0.05, 0) is 0 Å². The quantitative estimate of drug-likeness (QED) is 0.382. The third-order valence-corrected chi connectivity index (χ3v) is 1.67. The van der Waals surface area contributed by atoms with E-state index in [9.17, 15) is 4.79 Å². The van der Waals surface area contributed by atoms with Crippen LogP contribution in [0.15, 0.2) is 0 Å². The first kappa shape index (κ1) is 15.3. The number of esters is 1. The molecule has 0 amide bonds. The van der Waals surface area contributed by atoms with Crippen molar-refractivity contribution in [1.29, 1.82) is 0 Å². The fraction of sp³-hybridized carbons (Fsp3) is 0.900. The van der Waals surface area contributed by atoms with Gasteiger partial charge in [-0.3, -0.25) is 4.79 Å². The number of nitrogens with one attached hydrogen (secondary N) is 1. The van der Waals surface area contributed by atoms with Gasteiger partial charge in [0.15, 0.2) is 0 Å². The fourth-order valence-corrected chi connectivity index (χ4v) is 0.874. The van der Waals surface area contributed by atoms with Gasteiger partial charge in [-0.1, -0.05) is 0 Å². The number of ether oxygens (including phenoxy) is 4. The van der Waals surface area contributed by atoms with E-state index in [4.69, 9.17) is 18.9 Å². The summed E-state index contributed by atoms with van der Waals surface area (Å²) < 4.78 is 19.6. The van der Waals surface area contributed by atoms with Crippen LogP contribution in [0.3, 0.4) is 0 Å². The summed E-state index contributed by atoms with van der Waals surface area (Å²) in [6.07, 6.45) is 0. The van der Waals surface area contributed by atoms with Crippen molar-refractivity contribution >= 4 is 5.97 Å². The Morgan fingerprint density at radius 3 is 2.38 bits per heavy atom. The van der Waals surface area contributed by atoms with E-state index < -0.39 is 0 Å². The molecule has 0 aliphatic rings. The van der Waals surface area contributed by atoms with Crippen molar-refractivity contribution in [2.45, 2.75) is 0 Å². The lowest BCUT2D eigenvalue weighted by Crippen LogP contribution is -2.28. The SMILES string of the molecule is COCCNCC(=O)OCCOCCOC. The highest BCUT2D eigenvalue weighted by Crippen LogP contribution is 1.81. The molecule has 0 aliphatic heterocycles. The first-order chi connectivity index (χ1) is 7.81. The lowest BCUT2D eigenvalue weighted by atomic mass is 10.6. The predicted molar refractivity (Wildman–Crippen MR) is 58.4 cm³/mol. The molecule has 0 unspecified atom stereocenters. The molecular weight excluding hydrogens is 214 g/mol. The number of rotatable bonds is 11. The van der Waals surface area contributed by atoms with E-state index in [1.807, 2.05) is 0 Å². The molecule has 0 aromatic carbocycles. The van der Waals surface area contributed by atoms with Crippen LogP contribution < -0.4 is 5.32 Å². The van der Waals surface area contributed by atoms with Gasteiger partial charge in [-0.25, -0.2) is 0 Å². The largest absolute Gasteiger partial charge is 0.462 e. The molecule has 0 atom stereocenters. The minimum Gasteiger partial charge on any atom is -0.462 e. The van der Waals surface area contributed by atoms with Gasteiger partial charge in [0.05, 0.1) is 33.0 Å². The summed E-state index contributed by atoms with van der Waals surface area (Å²) >= 11 is 0. The second kappa shape index (κ2) is 12.4. The van der Waals surface area contributed by atoms with Gasteiger partial charge in [0.1, 0.15) is 6.61 Å². The standard InChI is InChI=1S/C10H21NO5/c1-13-4-3-11-9-10(12)16-8-7-15-6-5-14-2/h11H,3-9H2,1-2H3. The Bertz CT molecular complexity index is 165. The number of hydrogen-bond acceptors (Lipinski definition) is 6. The van der Waals surface area contributed by atoms with Crippen molar-refractivity contribution in [2.75, 3.05) is 60.3 Å². The third-order valence-electron chi connectivity index (χ3n) is 1.67. The topological polar surface area (TPSA) is 66.0 Å². The zero-order valence-electron chi connectivity index (χ0n) is 9.99. The van der Waals surface area contributed by atoms with Crippen LogP contribution >= 0.6 is 0 Å². The summed E-state index contributed by atoms with van der Waals surface area (Å²) in [4.78, 5) is 11.1. The van der Waals surface area contributed by atoms with E-state index in [-0.39, 0.29) is 19.1 Å². The zero-order chi connectivity index (χ0) is 12.1. The van der Waals surface area contributed by atoms with E-state index in [2.05, 4.69) is 5.32 Å². The van der Waals surface area contributed by atoms with Gasteiger partial charge in [0.2, 0.25) is 0 Å². The first-order valence-electron chi connectivity index (χ1n) is 5.23. The fourth-order valence-electron chi connectivity index (χ4n) is 0.874. The molecule has 6 nitrogen and oxygen atoms in total. The molecule has 0 rings (SSSR count). The first-order valence-corrected chi connectivity index (χ1v) is 5.23. The second-order valence-corrected chi connectivity index (χ2v) is 3.00. The molecule has 0 aromatic rings. The number of carbonyl (C=O) groups excluding carboxylic acids is 1. The Morgan fingerprint density at radius 2 is 1.69 bits per heavy atom. The second-order valence-electron chi connectivity index (χ2n) is 3.00. The van der Waals surface area contributed by atoms with Crippen molar-refractivity contribution in [3.63, 3.8) is 0 Å². The summed E-state index contributed by atoms with van der Waals surface area (Å²) in [6.45, 7) is 3.14. The van der Waals surface area contributed by atoms with E-state index >= 15 is 0 Å². The molecule has 0 aromatic heterocycles. The Labute approximate surface area is 96.2 Å². The smallest absolute Gasteiger partial charge is 0.320 e. The third kappa shape index (κ3) is 11.4. The van der Waals surface area contributed by atoms with Crippen molar-refractivity contribution in [3.05, 3.63) is 0 Å². The van der Waals surface area contributed by atoms with Crippen LogP contribution in [0.1, 0.15) is 0 Å². The van der Waals surface area contributed by atoms with Gasteiger partial charge in [-0.2, -0.15) is 0 Å². The van der Waals surface area contributed by atoms with E-state index in [0.29, 0.717) is 33.0 Å². The maximum absolute atomic E-state index is 11.1. The predicted octanol–water partition coefficient (Wildman–Crippen LogP) is -0.571. The minimum absolute atomic E-state index is 0.196. The molecule has 0 heterocycles. The van der Waals surface area contributed by atoms with Crippen molar-refractivity contribution in [3.8, 4) is 0 Å². The van der Waals surface area contributed by atoms with Crippen LogP contribution in [0, 0.1) is 0 Å². The Morgan fingerprint density at radius 1 is 1.00 bits per heavy atom. The summed E-state index contributed by atoms with van der Waals surface area (Å²) in [7, 11) is 3.21. The van der Waals surface area contributed by atoms with Crippen LogP contribution in [0.5, 0.6) is 0 Å². The van der Waals surface area contributed by atoms with Crippen LogP contribution in [0.25, 0.3) is 0 Å². The van der Waals surface area contributed by atoms with Gasteiger partial charge >= 0.3 is 5.97 Å². The van der Waals surface area contributed by atoms with Crippen LogP contribution in [-0.4, -0.2) is 66.3 Å². The highest BCUT2D eigenvalue weighted by molar-refractivity contribution is 5.71. The van der Waals surface area contributed by atoms with Crippen molar-refractivity contribution < 1.29 is 23.7 Å². The van der Waals surface area contributed by atoms with E-state index in [1.165, 1.54) is 0 Å². The highest BCUT2D eigenvalue weighted by Gasteiger charge is 2.00. The molecule has 0 fully saturated rings. The number of methoxy groups -OCH3 is 2. The summed E-state index contributed by atoms with van der Waals surface area (Å²) in [6, 6.07) is 0. The zero-order valence-corrected chi connectivity index (χ0v) is 9.99. The maximum atomic E-state index is 11.1. The average molecular weight is 235 g/mol. The molecule has 0 radical (unpaired) electrons. The van der Waals surface area contributed by atoms with Crippen LogP contribution in [0.4, 0.5) is 0 Å². The Balaban J connectivity index is 3.11. The Hall–Kier alpha value is -0.690. The van der Waals surface area contributed by atoms with Crippen molar-refractivity contribution in [2.24, 2.45) is 0 Å². The molecule has 0 aliphatic carbocycles. The van der Waals surface area contributed by atoms with Gasteiger partial charge in [-0.15, -0.1) is 0 Å². The molecule has 1 N–H and O–H groups in total. The molecule has 0 saturated carbocycles. The molecule has 16 heavy (non-hydrogen) atoms. The average Bonchev–Trinajstić information content (AvgIpc) is 2.29. The number of carbonyl (C=O) groups is 1. The van der Waals surface area contributed by atoms with E-state index in [0.717, 1.165) is 0 Å². The van der Waals surface area contributed by atoms with Gasteiger partial charge < -0.3 is 24.3 Å². The van der Waals surface area contributed by atoms with Crippen LogP contribution in [0.2, 0.25) is 0 Å². The lowest BCUT2D eigenvalue weighted by molar-refractivity contribution is -0.144. The van der Waals surface area contributed by atoms with Crippen LogP contribution in [-0.2, 0) is 23.7 Å². The molecular formula is C10H21NO5. The molecule has 0 bridgehead atoms. The molecule has 0 spiro atoms. The summed E-state index contributed by atoms with van der Waals surface area (Å²) in [5.74, 6) is -0.286. The monoisotopic (exact) mass is 235 g/mol. The van der Waals surface area contributed by atoms with Crippen molar-refractivity contribution in [1.82, 2.24) is 5.32 Å². The highest BCUT2D eigenvalue weighted by atomic mass is 16.6. The molecule has 96 valence electrons. The molecule has 6 heteroatoms. The summed E-state index contributed by atoms with van der Waals surface area (Å²) in [5.41, 5.74) is 0. The maximum Gasteiger partial charge on any atom is 0.320 e. The summed E-state index contributed by atoms with van der Waals surface area (Å²) in [5, 5.41) is 2.89. The molecule has 0 saturated heterocycles. The van der Waals surface area contributed by atoms with Gasteiger partial charge in [0, 0.05) is 20.8 Å². The lowest BCUT2D eigenvalue weighted by Gasteiger charge is -2.06. The number of hydrogen-bond donors (Lipinski definition) is 1. The van der Waals surface area contributed by atoms with E-state index in [1.54, 1.807) is 14.2 Å². The normalized spacial score (nSPS) is 10.4. The Kier molecular flexibility index (Phi) is 11.8. The minimum atomic E-state index is -0.286. The van der Waals surface area contributed by atoms with Gasteiger partial charge in [0.25, 0.3) is 0 Å².